The highest BCUT2D eigenvalue weighted by atomic mass is 35.5. The van der Waals surface area contributed by atoms with Gasteiger partial charge in [-0.15, -0.1) is 11.3 Å². The van der Waals surface area contributed by atoms with E-state index in [-0.39, 0.29) is 0 Å². The summed E-state index contributed by atoms with van der Waals surface area (Å²) in [4.78, 5) is 13.8. The molecule has 0 amide bonds. The van der Waals surface area contributed by atoms with Crippen molar-refractivity contribution in [2.24, 2.45) is 0 Å². The predicted molar refractivity (Wildman–Crippen MR) is 77.9 cm³/mol. The van der Waals surface area contributed by atoms with Crippen molar-refractivity contribution in [3.05, 3.63) is 53.3 Å². The van der Waals surface area contributed by atoms with E-state index in [2.05, 4.69) is 20.3 Å². The molecule has 0 aromatic carbocycles. The molecule has 4 nitrogen and oxygen atoms in total. The summed E-state index contributed by atoms with van der Waals surface area (Å²) in [5, 5.41) is 3.76. The van der Waals surface area contributed by atoms with Crippen LogP contribution in [0.2, 0.25) is 5.02 Å². The Morgan fingerprint density at radius 1 is 1.16 bits per heavy atom. The molecule has 1 N–H and O–H groups in total. The lowest BCUT2D eigenvalue weighted by Gasteiger charge is -2.06. The summed E-state index contributed by atoms with van der Waals surface area (Å²) in [6.45, 7) is 0. The van der Waals surface area contributed by atoms with Gasteiger partial charge in [0, 0.05) is 17.4 Å². The van der Waals surface area contributed by atoms with Crippen molar-refractivity contribution in [3.8, 4) is 10.6 Å². The number of rotatable bonds is 3. The van der Waals surface area contributed by atoms with Crippen LogP contribution < -0.4 is 5.32 Å². The van der Waals surface area contributed by atoms with Crippen molar-refractivity contribution in [1.29, 1.82) is 0 Å². The second-order valence-electron chi connectivity index (χ2n) is 3.76. The van der Waals surface area contributed by atoms with E-state index in [0.29, 0.717) is 10.8 Å². The van der Waals surface area contributed by atoms with Gasteiger partial charge in [0.1, 0.15) is 11.6 Å². The Morgan fingerprint density at radius 3 is 2.89 bits per heavy atom. The third-order valence-corrected chi connectivity index (χ3v) is 3.44. The molecule has 0 aliphatic carbocycles. The third kappa shape index (κ3) is 2.89. The Balaban J connectivity index is 1.88. The van der Waals surface area contributed by atoms with Crippen LogP contribution in [0, 0.1) is 0 Å². The number of nitrogens with zero attached hydrogens (tertiary/aromatic N) is 3. The summed E-state index contributed by atoms with van der Waals surface area (Å²) in [6.07, 6.45) is 3.45. The van der Waals surface area contributed by atoms with Crippen molar-refractivity contribution in [2.45, 2.75) is 0 Å². The number of hydrogen-bond donors (Lipinski definition) is 1. The molecule has 0 radical (unpaired) electrons. The fraction of sp³-hybridized carbons (Fsp3) is 0. The largest absolute Gasteiger partial charge is 0.325 e. The summed E-state index contributed by atoms with van der Waals surface area (Å²) in [5.41, 5.74) is 2.67. The van der Waals surface area contributed by atoms with Gasteiger partial charge in [-0.25, -0.2) is 9.97 Å². The summed E-state index contributed by atoms with van der Waals surface area (Å²) in [7, 11) is 0. The first kappa shape index (κ1) is 12.1. The fourth-order valence-electron chi connectivity index (χ4n) is 1.59. The van der Waals surface area contributed by atoms with E-state index < -0.39 is 0 Å². The number of nitrogens with one attached hydrogen (secondary N) is 1. The molecule has 0 bridgehead atoms. The van der Waals surface area contributed by atoms with Crippen LogP contribution >= 0.6 is 22.9 Å². The van der Waals surface area contributed by atoms with Crippen molar-refractivity contribution in [3.63, 3.8) is 0 Å². The second kappa shape index (κ2) is 5.34. The minimum atomic E-state index is 0.635. The molecule has 0 atom stereocenters. The normalized spacial score (nSPS) is 10.4. The van der Waals surface area contributed by atoms with Crippen molar-refractivity contribution >= 4 is 34.6 Å². The number of aromatic nitrogens is 3. The van der Waals surface area contributed by atoms with E-state index in [4.69, 9.17) is 11.6 Å². The number of thiazole rings is 1. The van der Waals surface area contributed by atoms with Crippen LogP contribution in [0.25, 0.3) is 10.6 Å². The fourth-order valence-corrected chi connectivity index (χ4v) is 2.34. The molecule has 94 valence electrons. The Labute approximate surface area is 119 Å². The summed E-state index contributed by atoms with van der Waals surface area (Å²) in [6, 6.07) is 9.25. The lowest BCUT2D eigenvalue weighted by molar-refractivity contribution is 1.25. The molecule has 0 unspecified atom stereocenters. The molecule has 0 spiro atoms. The van der Waals surface area contributed by atoms with Gasteiger partial charge in [0.2, 0.25) is 0 Å². The Bertz CT molecular complexity index is 685. The maximum Gasteiger partial charge on any atom is 0.132 e. The molecular weight excluding hydrogens is 280 g/mol. The monoisotopic (exact) mass is 288 g/mol. The average molecular weight is 289 g/mol. The molecule has 0 saturated carbocycles. The van der Waals surface area contributed by atoms with Crippen LogP contribution in [0.1, 0.15) is 0 Å². The number of hydrogen-bond acceptors (Lipinski definition) is 5. The Hall–Kier alpha value is -1.98. The zero-order chi connectivity index (χ0) is 13.1. The van der Waals surface area contributed by atoms with Crippen LogP contribution in [0.4, 0.5) is 11.6 Å². The van der Waals surface area contributed by atoms with Crippen molar-refractivity contribution in [2.75, 3.05) is 5.32 Å². The van der Waals surface area contributed by atoms with Gasteiger partial charge >= 0.3 is 0 Å². The van der Waals surface area contributed by atoms with E-state index in [1.807, 2.05) is 18.2 Å². The molecule has 0 saturated heterocycles. The van der Waals surface area contributed by atoms with Crippen LogP contribution in [-0.4, -0.2) is 15.0 Å². The molecule has 0 fully saturated rings. The molecule has 6 heteroatoms. The summed E-state index contributed by atoms with van der Waals surface area (Å²) < 4.78 is 0. The maximum atomic E-state index is 5.92. The highest BCUT2D eigenvalue weighted by molar-refractivity contribution is 7.13. The van der Waals surface area contributed by atoms with Gasteiger partial charge in [0.15, 0.2) is 0 Å². The van der Waals surface area contributed by atoms with E-state index in [1.54, 1.807) is 41.4 Å². The van der Waals surface area contributed by atoms with Gasteiger partial charge < -0.3 is 5.32 Å². The van der Waals surface area contributed by atoms with Crippen LogP contribution in [-0.2, 0) is 0 Å². The minimum Gasteiger partial charge on any atom is -0.325 e. The smallest absolute Gasteiger partial charge is 0.132 e. The quantitative estimate of drug-likeness (QED) is 0.791. The Morgan fingerprint density at radius 2 is 2.11 bits per heavy atom. The molecule has 3 aromatic heterocycles. The lowest BCUT2D eigenvalue weighted by Crippen LogP contribution is -1.96. The number of halogens is 1. The first-order chi connectivity index (χ1) is 9.31. The van der Waals surface area contributed by atoms with E-state index in [1.165, 1.54) is 0 Å². The Kier molecular flexibility index (Phi) is 3.39. The highest BCUT2D eigenvalue weighted by Crippen LogP contribution is 2.23. The summed E-state index contributed by atoms with van der Waals surface area (Å²) >= 11 is 7.47. The maximum absolute atomic E-state index is 5.92. The lowest BCUT2D eigenvalue weighted by atomic mass is 10.3. The highest BCUT2D eigenvalue weighted by Gasteiger charge is 2.03. The van der Waals surface area contributed by atoms with Crippen molar-refractivity contribution in [1.82, 2.24) is 15.0 Å². The average Bonchev–Trinajstić information content (AvgIpc) is 2.93. The molecule has 3 aromatic rings. The van der Waals surface area contributed by atoms with E-state index in [0.717, 1.165) is 16.4 Å². The van der Waals surface area contributed by atoms with Crippen molar-refractivity contribution < 1.29 is 0 Å². The first-order valence-corrected chi connectivity index (χ1v) is 6.81. The van der Waals surface area contributed by atoms with Gasteiger partial charge in [-0.05, 0) is 24.3 Å². The minimum absolute atomic E-state index is 0.635. The molecular formula is C13H9ClN4S. The van der Waals surface area contributed by atoms with Gasteiger partial charge in [-0.1, -0.05) is 17.7 Å². The van der Waals surface area contributed by atoms with Gasteiger partial charge in [-0.2, -0.15) is 0 Å². The number of anilines is 2. The molecule has 0 aliphatic rings. The predicted octanol–water partition coefficient (Wildman–Crippen LogP) is 4.00. The standard InChI is InChI=1S/C13H9ClN4S/c14-9-4-5-16-13(6-9)18-12-3-1-2-10(17-12)11-7-15-8-19-11/h1-8H,(H,16,17,18). The van der Waals surface area contributed by atoms with Gasteiger partial charge in [0.05, 0.1) is 16.1 Å². The van der Waals surface area contributed by atoms with Crippen LogP contribution in [0.15, 0.2) is 48.2 Å². The van der Waals surface area contributed by atoms with Crippen LogP contribution in [0.5, 0.6) is 0 Å². The van der Waals surface area contributed by atoms with E-state index >= 15 is 0 Å². The molecule has 3 rings (SSSR count). The third-order valence-electron chi connectivity index (χ3n) is 2.41. The van der Waals surface area contributed by atoms with E-state index in [9.17, 15) is 0 Å². The number of pyridine rings is 2. The zero-order valence-electron chi connectivity index (χ0n) is 9.75. The topological polar surface area (TPSA) is 50.7 Å². The first-order valence-electron chi connectivity index (χ1n) is 5.56. The SMILES string of the molecule is Clc1ccnc(Nc2cccc(-c3cncs3)n2)c1. The van der Waals surface area contributed by atoms with Crippen LogP contribution in [0.3, 0.4) is 0 Å². The summed E-state index contributed by atoms with van der Waals surface area (Å²) in [5.74, 6) is 1.39. The molecule has 0 aliphatic heterocycles. The molecule has 19 heavy (non-hydrogen) atoms. The zero-order valence-corrected chi connectivity index (χ0v) is 11.3. The van der Waals surface area contributed by atoms with Gasteiger partial charge in [-0.3, -0.25) is 4.98 Å². The second-order valence-corrected chi connectivity index (χ2v) is 5.08. The molecule has 3 heterocycles. The van der Waals surface area contributed by atoms with Gasteiger partial charge in [0.25, 0.3) is 0 Å².